The molecule has 0 N–H and O–H groups in total. The molecule has 64 valence electrons. The van der Waals surface area contributed by atoms with E-state index < -0.39 is 0 Å². The van der Waals surface area contributed by atoms with Crippen molar-refractivity contribution in [1.29, 1.82) is 0 Å². The van der Waals surface area contributed by atoms with Gasteiger partial charge in [0.1, 0.15) is 5.75 Å². The molecule has 1 aromatic rings. The Morgan fingerprint density at radius 2 is 2.33 bits per heavy atom. The minimum absolute atomic E-state index is 0.656. The van der Waals surface area contributed by atoms with Crippen molar-refractivity contribution >= 4 is 22.6 Å². The summed E-state index contributed by atoms with van der Waals surface area (Å²) in [7, 11) is 0. The number of rotatable bonds is 0. The van der Waals surface area contributed by atoms with Crippen molar-refractivity contribution < 1.29 is 4.74 Å². The second kappa shape index (κ2) is 3.24. The van der Waals surface area contributed by atoms with Gasteiger partial charge in [0, 0.05) is 3.57 Å². The van der Waals surface area contributed by atoms with Gasteiger partial charge < -0.3 is 4.74 Å². The van der Waals surface area contributed by atoms with E-state index in [1.165, 1.54) is 9.13 Å². The van der Waals surface area contributed by atoms with Crippen LogP contribution in [-0.4, -0.2) is 6.61 Å². The Balaban J connectivity index is 2.47. The highest BCUT2D eigenvalue weighted by Crippen LogP contribution is 2.33. The van der Waals surface area contributed by atoms with Crippen LogP contribution in [0.5, 0.6) is 5.75 Å². The van der Waals surface area contributed by atoms with E-state index in [4.69, 9.17) is 4.74 Å². The van der Waals surface area contributed by atoms with Crippen LogP contribution < -0.4 is 4.74 Å². The van der Waals surface area contributed by atoms with Gasteiger partial charge in [0.05, 0.1) is 6.61 Å². The molecule has 1 nitrogen and oxygen atoms in total. The summed E-state index contributed by atoms with van der Waals surface area (Å²) in [5.41, 5.74) is 1.37. The molecule has 0 spiro atoms. The highest BCUT2D eigenvalue weighted by molar-refractivity contribution is 14.1. The van der Waals surface area contributed by atoms with Crippen LogP contribution in [0, 0.1) is 3.57 Å². The molecule has 2 heteroatoms. The fourth-order valence-electron chi connectivity index (χ4n) is 1.54. The summed E-state index contributed by atoms with van der Waals surface area (Å²) >= 11 is 2.34. The number of ether oxygens (including phenoxy) is 1. The molecule has 0 aliphatic carbocycles. The van der Waals surface area contributed by atoms with Gasteiger partial charge in [-0.1, -0.05) is 6.92 Å². The van der Waals surface area contributed by atoms with Crippen LogP contribution in [0.15, 0.2) is 18.2 Å². The molecular formula is C10H11IO. The lowest BCUT2D eigenvalue weighted by molar-refractivity contribution is 0.272. The van der Waals surface area contributed by atoms with Crippen LogP contribution in [0.1, 0.15) is 24.8 Å². The maximum Gasteiger partial charge on any atom is 0.122 e. The molecule has 1 unspecified atom stereocenters. The normalized spacial score (nSPS) is 21.3. The highest BCUT2D eigenvalue weighted by atomic mass is 127. The maximum atomic E-state index is 5.55. The Bertz CT molecular complexity index is 296. The Hall–Kier alpha value is -0.250. The number of benzene rings is 1. The maximum absolute atomic E-state index is 5.55. The molecule has 1 aromatic carbocycles. The summed E-state index contributed by atoms with van der Waals surface area (Å²) in [6, 6.07) is 6.39. The topological polar surface area (TPSA) is 9.23 Å². The SMILES string of the molecule is CC1CCOc2ccc(I)cc21. The molecule has 0 bridgehead atoms. The van der Waals surface area contributed by atoms with Crippen molar-refractivity contribution in [3.8, 4) is 5.75 Å². The molecule has 1 aliphatic rings. The van der Waals surface area contributed by atoms with E-state index in [0.717, 1.165) is 18.8 Å². The van der Waals surface area contributed by atoms with Crippen molar-refractivity contribution in [3.05, 3.63) is 27.3 Å². The molecule has 0 radical (unpaired) electrons. The number of halogens is 1. The zero-order valence-electron chi connectivity index (χ0n) is 7.01. The number of hydrogen-bond acceptors (Lipinski definition) is 1. The first kappa shape index (κ1) is 8.35. The minimum atomic E-state index is 0.656. The van der Waals surface area contributed by atoms with Gasteiger partial charge in [0.25, 0.3) is 0 Å². The Kier molecular flexibility index (Phi) is 2.26. The van der Waals surface area contributed by atoms with Crippen molar-refractivity contribution in [3.63, 3.8) is 0 Å². The van der Waals surface area contributed by atoms with Crippen LogP contribution in [0.25, 0.3) is 0 Å². The summed E-state index contributed by atoms with van der Waals surface area (Å²) in [6.07, 6.45) is 1.15. The lowest BCUT2D eigenvalue weighted by Crippen LogP contribution is -2.11. The highest BCUT2D eigenvalue weighted by Gasteiger charge is 2.16. The zero-order chi connectivity index (χ0) is 8.55. The van der Waals surface area contributed by atoms with Crippen LogP contribution in [0.4, 0.5) is 0 Å². The van der Waals surface area contributed by atoms with Crippen molar-refractivity contribution in [2.24, 2.45) is 0 Å². The average Bonchev–Trinajstić information content (AvgIpc) is 2.07. The number of fused-ring (bicyclic) bond motifs is 1. The predicted molar refractivity (Wildman–Crippen MR) is 57.7 cm³/mol. The third-order valence-electron chi connectivity index (χ3n) is 2.31. The van der Waals surface area contributed by atoms with Gasteiger partial charge >= 0.3 is 0 Å². The largest absolute Gasteiger partial charge is 0.493 e. The Morgan fingerprint density at radius 1 is 1.50 bits per heavy atom. The standard InChI is InChI=1S/C10H11IO/c1-7-4-5-12-10-3-2-8(11)6-9(7)10/h2-3,6-7H,4-5H2,1H3. The van der Waals surface area contributed by atoms with Gasteiger partial charge in [0.15, 0.2) is 0 Å². The van der Waals surface area contributed by atoms with Gasteiger partial charge in [-0.15, -0.1) is 0 Å². The van der Waals surface area contributed by atoms with E-state index in [-0.39, 0.29) is 0 Å². The van der Waals surface area contributed by atoms with E-state index >= 15 is 0 Å². The molecule has 1 heterocycles. The number of hydrogen-bond donors (Lipinski definition) is 0. The molecule has 0 saturated carbocycles. The van der Waals surface area contributed by atoms with E-state index in [2.05, 4.69) is 47.7 Å². The lowest BCUT2D eigenvalue weighted by Gasteiger charge is -2.22. The first-order valence-corrected chi connectivity index (χ1v) is 5.27. The summed E-state index contributed by atoms with van der Waals surface area (Å²) < 4.78 is 6.84. The summed E-state index contributed by atoms with van der Waals surface area (Å²) in [5, 5.41) is 0. The van der Waals surface area contributed by atoms with Crippen LogP contribution in [-0.2, 0) is 0 Å². The van der Waals surface area contributed by atoms with Gasteiger partial charge in [0.2, 0.25) is 0 Å². The van der Waals surface area contributed by atoms with E-state index in [9.17, 15) is 0 Å². The summed E-state index contributed by atoms with van der Waals surface area (Å²) in [4.78, 5) is 0. The second-order valence-electron chi connectivity index (χ2n) is 3.22. The fourth-order valence-corrected chi connectivity index (χ4v) is 2.05. The van der Waals surface area contributed by atoms with E-state index in [1.807, 2.05) is 0 Å². The Labute approximate surface area is 86.3 Å². The van der Waals surface area contributed by atoms with Crippen molar-refractivity contribution in [1.82, 2.24) is 0 Å². The Morgan fingerprint density at radius 3 is 3.17 bits per heavy atom. The quantitative estimate of drug-likeness (QED) is 0.660. The van der Waals surface area contributed by atoms with E-state index in [1.54, 1.807) is 0 Å². The summed E-state index contributed by atoms with van der Waals surface area (Å²) in [6.45, 7) is 3.13. The molecule has 0 aromatic heterocycles. The van der Waals surface area contributed by atoms with Crippen LogP contribution >= 0.6 is 22.6 Å². The zero-order valence-corrected chi connectivity index (χ0v) is 9.17. The van der Waals surface area contributed by atoms with Gasteiger partial charge in [-0.2, -0.15) is 0 Å². The predicted octanol–water partition coefficient (Wildman–Crippen LogP) is 3.18. The third kappa shape index (κ3) is 1.44. The van der Waals surface area contributed by atoms with Crippen molar-refractivity contribution in [2.75, 3.05) is 6.61 Å². The summed E-state index contributed by atoms with van der Waals surface area (Å²) in [5.74, 6) is 1.73. The molecule has 0 amide bonds. The van der Waals surface area contributed by atoms with Crippen molar-refractivity contribution in [2.45, 2.75) is 19.3 Å². The second-order valence-corrected chi connectivity index (χ2v) is 4.47. The van der Waals surface area contributed by atoms with Gasteiger partial charge in [-0.3, -0.25) is 0 Å². The van der Waals surface area contributed by atoms with E-state index in [0.29, 0.717) is 5.92 Å². The van der Waals surface area contributed by atoms with Gasteiger partial charge in [-0.25, -0.2) is 0 Å². The van der Waals surface area contributed by atoms with Crippen LogP contribution in [0.3, 0.4) is 0 Å². The molecule has 0 fully saturated rings. The third-order valence-corrected chi connectivity index (χ3v) is 2.98. The molecule has 1 atom stereocenters. The smallest absolute Gasteiger partial charge is 0.122 e. The lowest BCUT2D eigenvalue weighted by atomic mass is 9.95. The first-order chi connectivity index (χ1) is 5.77. The minimum Gasteiger partial charge on any atom is -0.493 e. The van der Waals surface area contributed by atoms with Crippen LogP contribution in [0.2, 0.25) is 0 Å². The van der Waals surface area contributed by atoms with Gasteiger partial charge in [-0.05, 0) is 58.7 Å². The average molecular weight is 274 g/mol. The molecule has 0 saturated heterocycles. The monoisotopic (exact) mass is 274 g/mol. The molecule has 1 aliphatic heterocycles. The fraction of sp³-hybridized carbons (Fsp3) is 0.400. The molecular weight excluding hydrogens is 263 g/mol. The first-order valence-electron chi connectivity index (χ1n) is 4.19. The molecule has 2 rings (SSSR count). The molecule has 12 heavy (non-hydrogen) atoms.